The molecule has 1 unspecified atom stereocenters. The molecule has 0 aliphatic carbocycles. The molecule has 1 saturated heterocycles. The van der Waals surface area contributed by atoms with Crippen molar-refractivity contribution in [3.05, 3.63) is 33.8 Å². The first kappa shape index (κ1) is 15.1. The van der Waals surface area contributed by atoms with Crippen molar-refractivity contribution in [2.75, 3.05) is 13.1 Å². The van der Waals surface area contributed by atoms with Crippen LogP contribution in [-0.2, 0) is 16.0 Å². The van der Waals surface area contributed by atoms with E-state index in [9.17, 15) is 9.59 Å². The fourth-order valence-corrected chi connectivity index (χ4v) is 2.72. The summed E-state index contributed by atoms with van der Waals surface area (Å²) >= 11 is 11.9. The average molecular weight is 315 g/mol. The Labute approximate surface area is 128 Å². The predicted octanol–water partition coefficient (Wildman–Crippen LogP) is 2.27. The van der Waals surface area contributed by atoms with Gasteiger partial charge in [0, 0.05) is 16.6 Å². The van der Waals surface area contributed by atoms with Crippen LogP contribution in [0.4, 0.5) is 0 Å². The van der Waals surface area contributed by atoms with Gasteiger partial charge >= 0.3 is 0 Å². The van der Waals surface area contributed by atoms with Crippen LogP contribution >= 0.6 is 23.2 Å². The molecular weight excluding hydrogens is 299 g/mol. The number of amides is 2. The standard InChI is InChI=1S/C14H16Cl2N2O2/c1-2-12-14(20)18(8-13(19)17-12)6-5-9-3-4-10(15)7-11(9)16/h3-4,7,12H,2,5-6,8H2,1H3,(H,17,19). The van der Waals surface area contributed by atoms with Gasteiger partial charge in [0.2, 0.25) is 11.8 Å². The zero-order valence-electron chi connectivity index (χ0n) is 11.2. The number of carbonyl (C=O) groups excluding carboxylic acids is 2. The number of carbonyl (C=O) groups is 2. The second-order valence-corrected chi connectivity index (χ2v) is 5.62. The Morgan fingerprint density at radius 1 is 1.35 bits per heavy atom. The highest BCUT2D eigenvalue weighted by molar-refractivity contribution is 6.35. The maximum Gasteiger partial charge on any atom is 0.245 e. The molecule has 0 bridgehead atoms. The van der Waals surface area contributed by atoms with Gasteiger partial charge in [-0.05, 0) is 30.5 Å². The Bertz CT molecular complexity index is 534. The van der Waals surface area contributed by atoms with Crippen molar-refractivity contribution in [3.8, 4) is 0 Å². The molecular formula is C14H16Cl2N2O2. The van der Waals surface area contributed by atoms with E-state index in [-0.39, 0.29) is 18.4 Å². The van der Waals surface area contributed by atoms with Gasteiger partial charge in [0.05, 0.1) is 6.54 Å². The van der Waals surface area contributed by atoms with Crippen molar-refractivity contribution in [1.82, 2.24) is 10.2 Å². The molecule has 1 N–H and O–H groups in total. The molecule has 2 amide bonds. The van der Waals surface area contributed by atoms with Gasteiger partial charge in [0.1, 0.15) is 6.04 Å². The molecule has 1 heterocycles. The number of nitrogens with zero attached hydrogens (tertiary/aromatic N) is 1. The van der Waals surface area contributed by atoms with Crippen molar-refractivity contribution in [2.24, 2.45) is 0 Å². The first-order chi connectivity index (χ1) is 9.51. The lowest BCUT2D eigenvalue weighted by Gasteiger charge is -2.32. The van der Waals surface area contributed by atoms with Crippen molar-refractivity contribution in [3.63, 3.8) is 0 Å². The van der Waals surface area contributed by atoms with E-state index in [2.05, 4.69) is 5.32 Å². The largest absolute Gasteiger partial charge is 0.343 e. The van der Waals surface area contributed by atoms with Gasteiger partial charge in [-0.1, -0.05) is 36.2 Å². The molecule has 0 aromatic heterocycles. The Morgan fingerprint density at radius 3 is 2.75 bits per heavy atom. The topological polar surface area (TPSA) is 49.4 Å². The van der Waals surface area contributed by atoms with Gasteiger partial charge < -0.3 is 10.2 Å². The summed E-state index contributed by atoms with van der Waals surface area (Å²) in [6.45, 7) is 2.47. The van der Waals surface area contributed by atoms with Crippen LogP contribution in [0.5, 0.6) is 0 Å². The fraction of sp³-hybridized carbons (Fsp3) is 0.429. The Kier molecular flexibility index (Phi) is 4.89. The van der Waals surface area contributed by atoms with Gasteiger partial charge in [0.25, 0.3) is 0 Å². The Morgan fingerprint density at radius 2 is 2.10 bits per heavy atom. The summed E-state index contributed by atoms with van der Waals surface area (Å²) in [4.78, 5) is 25.3. The molecule has 1 atom stereocenters. The predicted molar refractivity (Wildman–Crippen MR) is 79.0 cm³/mol. The lowest BCUT2D eigenvalue weighted by Crippen LogP contribution is -2.58. The van der Waals surface area contributed by atoms with E-state index in [1.807, 2.05) is 13.0 Å². The molecule has 108 valence electrons. The maximum absolute atomic E-state index is 12.1. The number of rotatable bonds is 4. The molecule has 1 aliphatic rings. The minimum Gasteiger partial charge on any atom is -0.343 e. The molecule has 6 heteroatoms. The molecule has 1 fully saturated rings. The minimum absolute atomic E-state index is 0.0304. The van der Waals surface area contributed by atoms with Crippen LogP contribution in [0, 0.1) is 0 Å². The minimum atomic E-state index is -0.406. The van der Waals surface area contributed by atoms with Crippen LogP contribution < -0.4 is 5.32 Å². The van der Waals surface area contributed by atoms with E-state index in [1.165, 1.54) is 0 Å². The third-order valence-corrected chi connectivity index (χ3v) is 3.94. The monoisotopic (exact) mass is 314 g/mol. The number of nitrogens with one attached hydrogen (secondary N) is 1. The summed E-state index contributed by atoms with van der Waals surface area (Å²) in [6.07, 6.45) is 1.20. The van der Waals surface area contributed by atoms with Gasteiger partial charge in [-0.15, -0.1) is 0 Å². The number of hydrogen-bond donors (Lipinski definition) is 1. The van der Waals surface area contributed by atoms with E-state index >= 15 is 0 Å². The Balaban J connectivity index is 2.02. The molecule has 0 saturated carbocycles. The molecule has 1 aromatic rings. The number of halogens is 2. The van der Waals surface area contributed by atoms with Gasteiger partial charge in [-0.25, -0.2) is 0 Å². The third kappa shape index (κ3) is 3.44. The Hall–Kier alpha value is -1.26. The van der Waals surface area contributed by atoms with Crippen LogP contribution in [-0.4, -0.2) is 35.8 Å². The molecule has 0 spiro atoms. The lowest BCUT2D eigenvalue weighted by atomic mass is 10.1. The number of piperazine rings is 1. The number of benzene rings is 1. The van der Waals surface area contributed by atoms with Crippen molar-refractivity contribution < 1.29 is 9.59 Å². The normalized spacial score (nSPS) is 19.1. The summed E-state index contributed by atoms with van der Waals surface area (Å²) < 4.78 is 0. The average Bonchev–Trinajstić information content (AvgIpc) is 2.41. The van der Waals surface area contributed by atoms with Crippen LogP contribution in [0.3, 0.4) is 0 Å². The van der Waals surface area contributed by atoms with Gasteiger partial charge in [-0.3, -0.25) is 9.59 Å². The van der Waals surface area contributed by atoms with E-state index in [0.717, 1.165) is 5.56 Å². The van der Waals surface area contributed by atoms with Gasteiger partial charge in [-0.2, -0.15) is 0 Å². The fourth-order valence-electron chi connectivity index (χ4n) is 2.22. The summed E-state index contributed by atoms with van der Waals surface area (Å²) in [5.41, 5.74) is 0.919. The second kappa shape index (κ2) is 6.46. The van der Waals surface area contributed by atoms with Crippen LogP contribution in [0.25, 0.3) is 0 Å². The van der Waals surface area contributed by atoms with Crippen molar-refractivity contribution in [2.45, 2.75) is 25.8 Å². The highest BCUT2D eigenvalue weighted by atomic mass is 35.5. The highest BCUT2D eigenvalue weighted by Crippen LogP contribution is 2.21. The van der Waals surface area contributed by atoms with Crippen molar-refractivity contribution in [1.29, 1.82) is 0 Å². The zero-order chi connectivity index (χ0) is 14.7. The lowest BCUT2D eigenvalue weighted by molar-refractivity contribution is -0.144. The molecule has 20 heavy (non-hydrogen) atoms. The second-order valence-electron chi connectivity index (χ2n) is 4.77. The number of hydrogen-bond acceptors (Lipinski definition) is 2. The molecule has 4 nitrogen and oxygen atoms in total. The quantitative estimate of drug-likeness (QED) is 0.927. The van der Waals surface area contributed by atoms with E-state index in [4.69, 9.17) is 23.2 Å². The first-order valence-electron chi connectivity index (χ1n) is 6.53. The SMILES string of the molecule is CCC1NC(=O)CN(CCc2ccc(Cl)cc2Cl)C1=O. The highest BCUT2D eigenvalue weighted by Gasteiger charge is 2.30. The smallest absolute Gasteiger partial charge is 0.245 e. The summed E-state index contributed by atoms with van der Waals surface area (Å²) in [7, 11) is 0. The molecule has 0 radical (unpaired) electrons. The van der Waals surface area contributed by atoms with Crippen LogP contribution in [0.1, 0.15) is 18.9 Å². The molecule has 1 aromatic carbocycles. The third-order valence-electron chi connectivity index (χ3n) is 3.35. The summed E-state index contributed by atoms with van der Waals surface area (Å²) in [6, 6.07) is 4.88. The van der Waals surface area contributed by atoms with Crippen molar-refractivity contribution >= 4 is 35.0 Å². The molecule has 2 rings (SSSR count). The van der Waals surface area contributed by atoms with Crippen LogP contribution in [0.15, 0.2) is 18.2 Å². The van der Waals surface area contributed by atoms with E-state index < -0.39 is 6.04 Å². The van der Waals surface area contributed by atoms with E-state index in [0.29, 0.717) is 29.4 Å². The summed E-state index contributed by atoms with van der Waals surface area (Å²) in [5.74, 6) is -0.143. The van der Waals surface area contributed by atoms with E-state index in [1.54, 1.807) is 17.0 Å². The first-order valence-corrected chi connectivity index (χ1v) is 7.29. The zero-order valence-corrected chi connectivity index (χ0v) is 12.7. The van der Waals surface area contributed by atoms with Crippen LogP contribution in [0.2, 0.25) is 10.0 Å². The maximum atomic E-state index is 12.1. The van der Waals surface area contributed by atoms with Gasteiger partial charge in [0.15, 0.2) is 0 Å². The summed E-state index contributed by atoms with van der Waals surface area (Å²) in [5, 5.41) is 3.85. The molecule has 1 aliphatic heterocycles.